The first-order chi connectivity index (χ1) is 11.8. The monoisotopic (exact) mass is 347 g/mol. The third kappa shape index (κ3) is 3.16. The number of benzene rings is 1. The van der Waals surface area contributed by atoms with Crippen molar-refractivity contribution in [2.45, 2.75) is 12.8 Å². The SMILES string of the molecule is COC(=O)C1=C(C)NC(N)=C(C(=O)OC)C1c1ccccc1[N+](=O)[O-]. The van der Waals surface area contributed by atoms with Crippen molar-refractivity contribution in [3.8, 4) is 0 Å². The van der Waals surface area contributed by atoms with Crippen molar-refractivity contribution < 1.29 is 24.0 Å². The summed E-state index contributed by atoms with van der Waals surface area (Å²) in [7, 11) is 2.33. The molecule has 1 aliphatic heterocycles. The molecule has 1 heterocycles. The van der Waals surface area contributed by atoms with E-state index in [0.29, 0.717) is 5.70 Å². The van der Waals surface area contributed by atoms with Crippen LogP contribution in [0.15, 0.2) is 46.9 Å². The molecule has 1 aromatic carbocycles. The Morgan fingerprint density at radius 3 is 2.28 bits per heavy atom. The van der Waals surface area contributed by atoms with Gasteiger partial charge in [0, 0.05) is 17.3 Å². The van der Waals surface area contributed by atoms with Gasteiger partial charge in [-0.2, -0.15) is 0 Å². The van der Waals surface area contributed by atoms with Gasteiger partial charge in [-0.25, -0.2) is 9.59 Å². The molecule has 0 aromatic heterocycles. The average Bonchev–Trinajstić information content (AvgIpc) is 2.59. The van der Waals surface area contributed by atoms with E-state index in [1.165, 1.54) is 25.3 Å². The standard InChI is InChI=1S/C16H17N3O6/c1-8-11(15(20)24-2)12(13(14(17)18-8)16(21)25-3)9-6-4-5-7-10(9)19(22)23/h4-7,12,18H,17H2,1-3H3. The molecule has 1 atom stereocenters. The van der Waals surface area contributed by atoms with Gasteiger partial charge in [0.2, 0.25) is 0 Å². The zero-order valence-corrected chi connectivity index (χ0v) is 13.9. The average molecular weight is 347 g/mol. The number of nitrogens with one attached hydrogen (secondary N) is 1. The lowest BCUT2D eigenvalue weighted by Gasteiger charge is -2.29. The molecule has 25 heavy (non-hydrogen) atoms. The summed E-state index contributed by atoms with van der Waals surface area (Å²) >= 11 is 0. The maximum absolute atomic E-state index is 12.3. The normalized spacial score (nSPS) is 17.0. The van der Waals surface area contributed by atoms with Gasteiger partial charge in [0.15, 0.2) is 0 Å². The summed E-state index contributed by atoms with van der Waals surface area (Å²) in [5.41, 5.74) is 6.09. The van der Waals surface area contributed by atoms with Crippen LogP contribution < -0.4 is 11.1 Å². The highest BCUT2D eigenvalue weighted by Crippen LogP contribution is 2.41. The van der Waals surface area contributed by atoms with E-state index in [9.17, 15) is 19.7 Å². The molecule has 2 rings (SSSR count). The highest BCUT2D eigenvalue weighted by molar-refractivity contribution is 6.00. The second kappa shape index (κ2) is 7.04. The summed E-state index contributed by atoms with van der Waals surface area (Å²) in [4.78, 5) is 35.4. The van der Waals surface area contributed by atoms with Gasteiger partial charge in [-0.3, -0.25) is 10.1 Å². The van der Waals surface area contributed by atoms with E-state index in [1.54, 1.807) is 13.0 Å². The molecular formula is C16H17N3O6. The second-order valence-corrected chi connectivity index (χ2v) is 5.22. The fourth-order valence-electron chi connectivity index (χ4n) is 2.78. The van der Waals surface area contributed by atoms with Crippen LogP contribution in [0, 0.1) is 10.1 Å². The van der Waals surface area contributed by atoms with Crippen LogP contribution in [0.4, 0.5) is 5.69 Å². The van der Waals surface area contributed by atoms with E-state index in [0.717, 1.165) is 7.11 Å². The maximum Gasteiger partial charge on any atom is 0.338 e. The second-order valence-electron chi connectivity index (χ2n) is 5.22. The number of hydrogen-bond donors (Lipinski definition) is 2. The van der Waals surface area contributed by atoms with Crippen molar-refractivity contribution in [2.24, 2.45) is 5.73 Å². The molecule has 132 valence electrons. The molecule has 1 aromatic rings. The number of para-hydroxylation sites is 1. The Morgan fingerprint density at radius 2 is 1.72 bits per heavy atom. The van der Waals surface area contributed by atoms with Gasteiger partial charge >= 0.3 is 11.9 Å². The van der Waals surface area contributed by atoms with Crippen molar-refractivity contribution in [3.63, 3.8) is 0 Å². The summed E-state index contributed by atoms with van der Waals surface area (Å²) in [5, 5.41) is 14.1. The van der Waals surface area contributed by atoms with E-state index >= 15 is 0 Å². The summed E-state index contributed by atoms with van der Waals surface area (Å²) < 4.78 is 9.53. The fourth-order valence-corrected chi connectivity index (χ4v) is 2.78. The van der Waals surface area contributed by atoms with Crippen LogP contribution in [-0.4, -0.2) is 31.1 Å². The van der Waals surface area contributed by atoms with Crippen molar-refractivity contribution in [2.75, 3.05) is 14.2 Å². The predicted molar refractivity (Wildman–Crippen MR) is 86.9 cm³/mol. The first-order valence-corrected chi connectivity index (χ1v) is 7.20. The first kappa shape index (κ1) is 18.0. The molecule has 9 heteroatoms. The smallest absolute Gasteiger partial charge is 0.338 e. The number of carbonyl (C=O) groups is 2. The van der Waals surface area contributed by atoms with Gasteiger partial charge in [0.25, 0.3) is 5.69 Å². The number of dihydropyridines is 1. The third-order valence-corrected chi connectivity index (χ3v) is 3.85. The lowest BCUT2D eigenvalue weighted by atomic mass is 9.80. The van der Waals surface area contributed by atoms with Crippen LogP contribution >= 0.6 is 0 Å². The number of ether oxygens (including phenoxy) is 2. The van der Waals surface area contributed by atoms with Crippen LogP contribution in [0.5, 0.6) is 0 Å². The number of esters is 2. The van der Waals surface area contributed by atoms with Crippen LogP contribution in [0.25, 0.3) is 0 Å². The number of rotatable bonds is 4. The van der Waals surface area contributed by atoms with Crippen molar-refractivity contribution in [1.29, 1.82) is 0 Å². The highest BCUT2D eigenvalue weighted by atomic mass is 16.6. The minimum absolute atomic E-state index is 0.0415. The molecule has 1 unspecified atom stereocenters. The molecule has 0 bridgehead atoms. The maximum atomic E-state index is 12.3. The van der Waals surface area contributed by atoms with Crippen molar-refractivity contribution in [3.05, 3.63) is 62.6 Å². The van der Waals surface area contributed by atoms with Gasteiger partial charge in [0.05, 0.1) is 36.2 Å². The van der Waals surface area contributed by atoms with Crippen LogP contribution in [0.2, 0.25) is 0 Å². The zero-order valence-electron chi connectivity index (χ0n) is 13.9. The molecule has 9 nitrogen and oxygen atoms in total. The van der Waals surface area contributed by atoms with E-state index in [2.05, 4.69) is 5.32 Å². The number of allylic oxidation sites excluding steroid dienone is 1. The van der Waals surface area contributed by atoms with Crippen LogP contribution in [-0.2, 0) is 19.1 Å². The Kier molecular flexibility index (Phi) is 5.06. The number of carbonyl (C=O) groups excluding carboxylic acids is 2. The quantitative estimate of drug-likeness (QED) is 0.469. The molecule has 0 saturated heterocycles. The summed E-state index contributed by atoms with van der Waals surface area (Å²) in [5.74, 6) is -2.67. The van der Waals surface area contributed by atoms with E-state index in [1.807, 2.05) is 0 Å². The Labute approximate surface area is 143 Å². The molecule has 0 radical (unpaired) electrons. The lowest BCUT2D eigenvalue weighted by Crippen LogP contribution is -2.36. The third-order valence-electron chi connectivity index (χ3n) is 3.85. The van der Waals surface area contributed by atoms with Crippen LogP contribution in [0.1, 0.15) is 18.4 Å². The van der Waals surface area contributed by atoms with Gasteiger partial charge in [-0.15, -0.1) is 0 Å². The Bertz CT molecular complexity index is 774. The zero-order chi connectivity index (χ0) is 18.7. The predicted octanol–water partition coefficient (Wildman–Crippen LogP) is 1.07. The van der Waals surface area contributed by atoms with Gasteiger partial charge in [0.1, 0.15) is 5.82 Å². The van der Waals surface area contributed by atoms with Crippen molar-refractivity contribution in [1.82, 2.24) is 5.32 Å². The number of methoxy groups -OCH3 is 2. The lowest BCUT2D eigenvalue weighted by molar-refractivity contribution is -0.385. The van der Waals surface area contributed by atoms with E-state index in [4.69, 9.17) is 15.2 Å². The van der Waals surface area contributed by atoms with Gasteiger partial charge in [-0.1, -0.05) is 18.2 Å². The summed E-state index contributed by atoms with van der Waals surface area (Å²) in [6.07, 6.45) is 0. The molecule has 1 aliphatic rings. The van der Waals surface area contributed by atoms with E-state index in [-0.39, 0.29) is 28.2 Å². The Hall–Kier alpha value is -3.36. The minimum atomic E-state index is -1.09. The fraction of sp³-hybridized carbons (Fsp3) is 0.250. The summed E-state index contributed by atoms with van der Waals surface area (Å²) in [6.45, 7) is 1.56. The first-order valence-electron chi connectivity index (χ1n) is 7.20. The van der Waals surface area contributed by atoms with Crippen molar-refractivity contribution >= 4 is 17.6 Å². The van der Waals surface area contributed by atoms with Gasteiger partial charge < -0.3 is 20.5 Å². The van der Waals surface area contributed by atoms with Crippen LogP contribution in [0.3, 0.4) is 0 Å². The number of nitro benzene ring substituents is 1. The molecule has 0 fully saturated rings. The van der Waals surface area contributed by atoms with E-state index < -0.39 is 22.8 Å². The topological polar surface area (TPSA) is 134 Å². The molecule has 0 aliphatic carbocycles. The molecule has 0 spiro atoms. The molecule has 3 N–H and O–H groups in total. The molecular weight excluding hydrogens is 330 g/mol. The Balaban J connectivity index is 2.80. The Morgan fingerprint density at radius 1 is 1.16 bits per heavy atom. The number of nitrogens with two attached hydrogens (primary N) is 1. The summed E-state index contributed by atoms with van der Waals surface area (Å²) in [6, 6.07) is 5.80. The minimum Gasteiger partial charge on any atom is -0.466 e. The molecule has 0 saturated carbocycles. The largest absolute Gasteiger partial charge is 0.466 e. The number of nitro groups is 1. The number of hydrogen-bond acceptors (Lipinski definition) is 8. The highest BCUT2D eigenvalue weighted by Gasteiger charge is 2.40. The van der Waals surface area contributed by atoms with Gasteiger partial charge in [-0.05, 0) is 6.92 Å². The number of nitrogens with zero attached hydrogens (tertiary/aromatic N) is 1. The molecule has 0 amide bonds.